The molecule has 2 aromatic carbocycles. The van der Waals surface area contributed by atoms with E-state index in [1.807, 2.05) is 69.3 Å². The van der Waals surface area contributed by atoms with Gasteiger partial charge >= 0.3 is 5.97 Å². The third-order valence-electron chi connectivity index (χ3n) is 7.35. The van der Waals surface area contributed by atoms with E-state index >= 15 is 0 Å². The molecule has 7 heteroatoms. The van der Waals surface area contributed by atoms with Crippen molar-refractivity contribution in [3.8, 4) is 28.3 Å². The Bertz CT molecular complexity index is 1430. The highest BCUT2D eigenvalue weighted by atomic mass is 16.5. The topological polar surface area (TPSA) is 101 Å². The second kappa shape index (κ2) is 16.4. The zero-order chi connectivity index (χ0) is 32.1. The number of aromatic nitrogens is 2. The molecule has 0 spiro atoms. The van der Waals surface area contributed by atoms with E-state index < -0.39 is 17.9 Å². The number of benzene rings is 2. The minimum absolute atomic E-state index is 0.116. The van der Waals surface area contributed by atoms with Gasteiger partial charge in [-0.3, -0.25) is 4.79 Å². The summed E-state index contributed by atoms with van der Waals surface area (Å²) in [7, 11) is 0. The van der Waals surface area contributed by atoms with Crippen LogP contribution in [0.15, 0.2) is 97.4 Å². The molecule has 0 saturated heterocycles. The van der Waals surface area contributed by atoms with E-state index in [4.69, 9.17) is 4.74 Å². The first kappa shape index (κ1) is 34.0. The number of rotatable bonds is 16. The van der Waals surface area contributed by atoms with E-state index in [0.29, 0.717) is 5.82 Å². The Morgan fingerprint density at radius 3 is 2.09 bits per heavy atom. The normalized spacial score (nSPS) is 12.1. The summed E-state index contributed by atoms with van der Waals surface area (Å²) in [6.45, 7) is 16.8. The predicted octanol–water partition coefficient (Wildman–Crippen LogP) is 7.99. The minimum atomic E-state index is -1.13. The van der Waals surface area contributed by atoms with Crippen molar-refractivity contribution in [1.82, 2.24) is 15.3 Å². The molecule has 0 aliphatic heterocycles. The highest BCUT2D eigenvalue weighted by Gasteiger charge is 2.21. The Morgan fingerprint density at radius 2 is 1.50 bits per heavy atom. The lowest BCUT2D eigenvalue weighted by molar-refractivity contribution is -0.141. The molecule has 0 bridgehead atoms. The molecule has 1 heterocycles. The number of allylic oxidation sites excluding steroid dienone is 2. The summed E-state index contributed by atoms with van der Waals surface area (Å²) in [6.07, 6.45) is 13.0. The second-order valence-electron chi connectivity index (χ2n) is 12.0. The molecule has 3 aromatic rings. The molecule has 0 unspecified atom stereocenters. The Labute approximate surface area is 261 Å². The van der Waals surface area contributed by atoms with Crippen LogP contribution in [0, 0.1) is 5.41 Å². The number of aliphatic carboxylic acids is 1. The second-order valence-corrected chi connectivity index (χ2v) is 12.0. The van der Waals surface area contributed by atoms with Crippen LogP contribution in [0.25, 0.3) is 22.5 Å². The van der Waals surface area contributed by atoms with E-state index in [1.165, 1.54) is 25.7 Å². The van der Waals surface area contributed by atoms with Gasteiger partial charge in [0.05, 0.1) is 6.61 Å². The molecule has 44 heavy (non-hydrogen) atoms. The SMILES string of the molecule is C=C(/C=C\C(=C)C(C)(C)C)C(=O)N[C@@H](Cc1ccc(-c2ncc(-c3ccc(OCCCCCCC)cc3)cn2)cc1)C(=O)O. The van der Waals surface area contributed by atoms with Gasteiger partial charge in [-0.25, -0.2) is 14.8 Å². The standard InChI is InChI=1S/C37H45N3O4/c1-7-8-9-10-11-22-44-32-20-18-29(19-21-32)31-24-38-34(39-25-31)30-16-14-28(15-17-30)23-33(36(42)43)40-35(41)26(2)12-13-27(3)37(4,5)6/h12-21,24-25,33H,2-3,7-11,22-23H2,1,4-6H3,(H,40,41)(H,42,43)/b13-12-/t33-/m0/s1. The number of carbonyl (C=O) groups is 2. The van der Waals surface area contributed by atoms with Gasteiger partial charge in [0.15, 0.2) is 5.82 Å². The molecule has 1 atom stereocenters. The third kappa shape index (κ3) is 10.6. The highest BCUT2D eigenvalue weighted by Crippen LogP contribution is 2.25. The first-order valence-corrected chi connectivity index (χ1v) is 15.2. The average Bonchev–Trinajstić information content (AvgIpc) is 3.01. The fourth-order valence-corrected chi connectivity index (χ4v) is 4.27. The summed E-state index contributed by atoms with van der Waals surface area (Å²) >= 11 is 0. The molecule has 0 fully saturated rings. The number of ether oxygens (including phenoxy) is 1. The number of hydrogen-bond donors (Lipinski definition) is 2. The highest BCUT2D eigenvalue weighted by molar-refractivity contribution is 5.97. The van der Waals surface area contributed by atoms with Crippen LogP contribution < -0.4 is 10.1 Å². The maximum atomic E-state index is 12.6. The Hall–Kier alpha value is -4.52. The van der Waals surface area contributed by atoms with Crippen LogP contribution in [-0.2, 0) is 16.0 Å². The number of nitrogens with zero attached hydrogens (tertiary/aromatic N) is 2. The lowest BCUT2D eigenvalue weighted by Crippen LogP contribution is -2.42. The number of carboxylic acid groups (broad SMARTS) is 1. The van der Waals surface area contributed by atoms with Crippen LogP contribution in [0.5, 0.6) is 5.75 Å². The zero-order valence-corrected chi connectivity index (χ0v) is 26.4. The van der Waals surface area contributed by atoms with E-state index in [-0.39, 0.29) is 17.4 Å². The van der Waals surface area contributed by atoms with Crippen molar-refractivity contribution in [1.29, 1.82) is 0 Å². The Kier molecular flexibility index (Phi) is 12.6. The Balaban J connectivity index is 1.56. The molecule has 0 saturated carbocycles. The number of amides is 1. The summed E-state index contributed by atoms with van der Waals surface area (Å²) in [6, 6.07) is 14.2. The van der Waals surface area contributed by atoms with E-state index in [0.717, 1.165) is 46.6 Å². The van der Waals surface area contributed by atoms with Crippen LogP contribution in [-0.4, -0.2) is 39.6 Å². The fraction of sp³-hybridized carbons (Fsp3) is 0.351. The van der Waals surface area contributed by atoms with Crippen molar-refractivity contribution in [2.45, 2.75) is 72.3 Å². The monoisotopic (exact) mass is 595 g/mol. The number of unbranched alkanes of at least 4 members (excludes halogenated alkanes) is 4. The summed E-state index contributed by atoms with van der Waals surface area (Å²) in [5.74, 6) is -0.248. The van der Waals surface area contributed by atoms with Gasteiger partial charge < -0.3 is 15.2 Å². The maximum Gasteiger partial charge on any atom is 0.326 e. The fourth-order valence-electron chi connectivity index (χ4n) is 4.27. The van der Waals surface area contributed by atoms with Gasteiger partial charge in [0, 0.05) is 35.5 Å². The summed E-state index contributed by atoms with van der Waals surface area (Å²) in [5.41, 5.74) is 4.31. The van der Waals surface area contributed by atoms with Crippen molar-refractivity contribution >= 4 is 11.9 Å². The first-order chi connectivity index (χ1) is 21.0. The molecule has 2 N–H and O–H groups in total. The minimum Gasteiger partial charge on any atom is -0.494 e. The molecule has 0 radical (unpaired) electrons. The van der Waals surface area contributed by atoms with Gasteiger partial charge in [0.25, 0.3) is 5.91 Å². The number of hydrogen-bond acceptors (Lipinski definition) is 5. The molecule has 232 valence electrons. The van der Waals surface area contributed by atoms with E-state index in [1.54, 1.807) is 24.5 Å². The number of nitrogens with one attached hydrogen (secondary N) is 1. The molecule has 7 nitrogen and oxygen atoms in total. The van der Waals surface area contributed by atoms with Crippen LogP contribution in [0.2, 0.25) is 0 Å². The van der Waals surface area contributed by atoms with Gasteiger partial charge in [-0.1, -0.05) is 109 Å². The molecule has 3 rings (SSSR count). The van der Waals surface area contributed by atoms with Gasteiger partial charge in [-0.2, -0.15) is 0 Å². The molecule has 1 amide bonds. The van der Waals surface area contributed by atoms with Gasteiger partial charge in [-0.05, 0) is 46.7 Å². The van der Waals surface area contributed by atoms with Gasteiger partial charge in [-0.15, -0.1) is 0 Å². The van der Waals surface area contributed by atoms with Gasteiger partial charge in [0.2, 0.25) is 0 Å². The first-order valence-electron chi connectivity index (χ1n) is 15.2. The number of carboxylic acids is 1. The van der Waals surface area contributed by atoms with Crippen LogP contribution in [0.4, 0.5) is 0 Å². The molecular weight excluding hydrogens is 550 g/mol. The van der Waals surface area contributed by atoms with Crippen molar-refractivity contribution in [2.75, 3.05) is 6.61 Å². The summed E-state index contributed by atoms with van der Waals surface area (Å²) in [4.78, 5) is 33.6. The molecular formula is C37H45N3O4. The quantitative estimate of drug-likeness (QED) is 0.0989. The smallest absolute Gasteiger partial charge is 0.326 e. The summed E-state index contributed by atoms with van der Waals surface area (Å²) < 4.78 is 5.86. The predicted molar refractivity (Wildman–Crippen MR) is 177 cm³/mol. The largest absolute Gasteiger partial charge is 0.494 e. The zero-order valence-electron chi connectivity index (χ0n) is 26.4. The molecule has 1 aromatic heterocycles. The van der Waals surface area contributed by atoms with Crippen molar-refractivity contribution in [2.24, 2.45) is 5.41 Å². The van der Waals surface area contributed by atoms with Crippen molar-refractivity contribution in [3.63, 3.8) is 0 Å². The molecule has 0 aliphatic rings. The lowest BCUT2D eigenvalue weighted by Gasteiger charge is -2.19. The number of carbonyl (C=O) groups excluding carboxylic acids is 1. The van der Waals surface area contributed by atoms with E-state index in [2.05, 4.69) is 35.4 Å². The van der Waals surface area contributed by atoms with Gasteiger partial charge in [0.1, 0.15) is 11.8 Å². The lowest BCUT2D eigenvalue weighted by atomic mass is 9.87. The van der Waals surface area contributed by atoms with Crippen LogP contribution in [0.1, 0.15) is 65.4 Å². The van der Waals surface area contributed by atoms with Crippen LogP contribution >= 0.6 is 0 Å². The Morgan fingerprint density at radius 1 is 0.886 bits per heavy atom. The third-order valence-corrected chi connectivity index (χ3v) is 7.35. The average molecular weight is 596 g/mol. The maximum absolute atomic E-state index is 12.6. The molecule has 0 aliphatic carbocycles. The van der Waals surface area contributed by atoms with Crippen molar-refractivity contribution in [3.05, 3.63) is 103 Å². The summed E-state index contributed by atoms with van der Waals surface area (Å²) in [5, 5.41) is 12.3. The van der Waals surface area contributed by atoms with Crippen LogP contribution in [0.3, 0.4) is 0 Å². The van der Waals surface area contributed by atoms with Crippen molar-refractivity contribution < 1.29 is 19.4 Å². The van der Waals surface area contributed by atoms with E-state index in [9.17, 15) is 14.7 Å².